The first-order valence-corrected chi connectivity index (χ1v) is 9.02. The zero-order chi connectivity index (χ0) is 17.8. The molecule has 0 spiro atoms. The summed E-state index contributed by atoms with van der Waals surface area (Å²) in [6.07, 6.45) is 1.86. The van der Waals surface area contributed by atoms with Gasteiger partial charge in [0, 0.05) is 23.2 Å². The highest BCUT2D eigenvalue weighted by molar-refractivity contribution is 7.98. The van der Waals surface area contributed by atoms with Crippen molar-refractivity contribution in [2.24, 2.45) is 0 Å². The van der Waals surface area contributed by atoms with Gasteiger partial charge in [-0.25, -0.2) is 0 Å². The van der Waals surface area contributed by atoms with E-state index in [0.29, 0.717) is 33.1 Å². The number of benzene rings is 1. The van der Waals surface area contributed by atoms with E-state index in [-0.39, 0.29) is 5.69 Å². The van der Waals surface area contributed by atoms with Gasteiger partial charge in [0.2, 0.25) is 10.3 Å². The fourth-order valence-electron chi connectivity index (χ4n) is 2.01. The molecule has 0 fully saturated rings. The molecule has 1 amide bonds. The lowest BCUT2D eigenvalue weighted by molar-refractivity contribution is 0.101. The van der Waals surface area contributed by atoms with Crippen molar-refractivity contribution in [3.63, 3.8) is 0 Å². The van der Waals surface area contributed by atoms with Crippen LogP contribution in [-0.2, 0) is 0 Å². The van der Waals surface area contributed by atoms with Crippen LogP contribution in [0.15, 0.2) is 33.9 Å². The number of nitrogens with zero attached hydrogens (tertiary/aromatic N) is 3. The Balaban J connectivity index is 1.78. The van der Waals surface area contributed by atoms with E-state index in [2.05, 4.69) is 19.8 Å². The molecule has 0 unspecified atom stereocenters. The van der Waals surface area contributed by atoms with Crippen LogP contribution in [0, 0.1) is 0 Å². The highest BCUT2D eigenvalue weighted by atomic mass is 32.2. The molecule has 2 aromatic heterocycles. The van der Waals surface area contributed by atoms with Gasteiger partial charge in [-0.15, -0.1) is 0 Å². The van der Waals surface area contributed by atoms with E-state index in [0.717, 1.165) is 11.5 Å². The highest BCUT2D eigenvalue weighted by Crippen LogP contribution is 2.32. The first-order valence-electron chi connectivity index (χ1n) is 7.02. The second-order valence-electron chi connectivity index (χ2n) is 4.69. The number of carbonyl (C=O) groups excluding carboxylic acids is 1. The molecule has 0 aliphatic carbocycles. The molecular weight excluding hydrogens is 364 g/mol. The Morgan fingerprint density at radius 2 is 2.04 bits per heavy atom. The Morgan fingerprint density at radius 3 is 2.72 bits per heavy atom. The van der Waals surface area contributed by atoms with Crippen LogP contribution in [0.5, 0.6) is 11.5 Å². The third-order valence-electron chi connectivity index (χ3n) is 3.22. The van der Waals surface area contributed by atoms with Gasteiger partial charge in [0.1, 0.15) is 0 Å². The summed E-state index contributed by atoms with van der Waals surface area (Å²) in [5.41, 5.74) is 0.857. The van der Waals surface area contributed by atoms with Crippen molar-refractivity contribution < 1.29 is 18.8 Å². The zero-order valence-corrected chi connectivity index (χ0v) is 15.2. The van der Waals surface area contributed by atoms with Crippen molar-refractivity contribution in [2.45, 2.75) is 5.16 Å². The molecule has 25 heavy (non-hydrogen) atoms. The summed E-state index contributed by atoms with van der Waals surface area (Å²) in [6.45, 7) is 0. The highest BCUT2D eigenvalue weighted by Gasteiger charge is 2.17. The fraction of sp³-hybridized carbons (Fsp3) is 0.200. The lowest BCUT2D eigenvalue weighted by atomic mass is 10.1. The molecule has 130 valence electrons. The summed E-state index contributed by atoms with van der Waals surface area (Å²) < 4.78 is 19.8. The number of hydrogen-bond donors (Lipinski definition) is 1. The van der Waals surface area contributed by atoms with Gasteiger partial charge in [-0.1, -0.05) is 16.9 Å². The van der Waals surface area contributed by atoms with Crippen LogP contribution < -0.4 is 14.8 Å². The summed E-state index contributed by atoms with van der Waals surface area (Å²) in [6, 6.07) is 6.84. The fourth-order valence-corrected chi connectivity index (χ4v) is 3.13. The monoisotopic (exact) mass is 378 g/mol. The maximum absolute atomic E-state index is 12.2. The number of amides is 1. The van der Waals surface area contributed by atoms with Gasteiger partial charge in [-0.05, 0) is 24.5 Å². The van der Waals surface area contributed by atoms with E-state index in [1.807, 2.05) is 6.26 Å². The molecule has 0 aliphatic heterocycles. The van der Waals surface area contributed by atoms with E-state index in [1.165, 1.54) is 11.8 Å². The first kappa shape index (κ1) is 17.2. The molecule has 0 saturated heterocycles. The number of anilines is 1. The molecule has 0 radical (unpaired) electrons. The second-order valence-corrected chi connectivity index (χ2v) is 6.21. The minimum atomic E-state index is -0.417. The molecule has 10 heteroatoms. The van der Waals surface area contributed by atoms with Crippen LogP contribution in [0.1, 0.15) is 10.5 Å². The first-order chi connectivity index (χ1) is 12.1. The van der Waals surface area contributed by atoms with Gasteiger partial charge < -0.3 is 14.0 Å². The Kier molecular flexibility index (Phi) is 5.19. The number of nitrogens with one attached hydrogen (secondary N) is 1. The van der Waals surface area contributed by atoms with E-state index < -0.39 is 5.91 Å². The van der Waals surface area contributed by atoms with Crippen LogP contribution in [0.3, 0.4) is 0 Å². The molecule has 1 aromatic carbocycles. The van der Waals surface area contributed by atoms with E-state index in [1.54, 1.807) is 38.5 Å². The van der Waals surface area contributed by atoms with Gasteiger partial charge in [0.15, 0.2) is 23.0 Å². The predicted molar refractivity (Wildman–Crippen MR) is 94.7 cm³/mol. The van der Waals surface area contributed by atoms with Crippen molar-refractivity contribution in [3.8, 4) is 22.8 Å². The molecule has 3 rings (SSSR count). The van der Waals surface area contributed by atoms with Crippen LogP contribution in [0.25, 0.3) is 11.3 Å². The SMILES string of the molecule is COc1ccc(-c2cc(C(=O)Nc3nc(SC)ns3)no2)cc1OC. The maximum atomic E-state index is 12.2. The zero-order valence-electron chi connectivity index (χ0n) is 13.6. The number of thioether (sulfide) groups is 1. The van der Waals surface area contributed by atoms with E-state index in [9.17, 15) is 4.79 Å². The third-order valence-corrected chi connectivity index (χ3v) is 4.52. The van der Waals surface area contributed by atoms with Gasteiger partial charge in [0.25, 0.3) is 5.91 Å². The second kappa shape index (κ2) is 7.53. The van der Waals surface area contributed by atoms with Crippen LogP contribution in [0.2, 0.25) is 0 Å². The molecule has 3 aromatic rings. The van der Waals surface area contributed by atoms with Crippen molar-refractivity contribution in [2.75, 3.05) is 25.8 Å². The van der Waals surface area contributed by atoms with Crippen LogP contribution in [0.4, 0.5) is 5.13 Å². The maximum Gasteiger partial charge on any atom is 0.279 e. The summed E-state index contributed by atoms with van der Waals surface area (Å²) in [4.78, 5) is 16.4. The molecule has 2 heterocycles. The molecule has 0 saturated carbocycles. The number of hydrogen-bond acceptors (Lipinski definition) is 9. The summed E-state index contributed by atoms with van der Waals surface area (Å²) in [5, 5.41) is 7.46. The lowest BCUT2D eigenvalue weighted by Crippen LogP contribution is -2.11. The average Bonchev–Trinajstić information content (AvgIpc) is 3.30. The lowest BCUT2D eigenvalue weighted by Gasteiger charge is -2.07. The van der Waals surface area contributed by atoms with Crippen molar-refractivity contribution in [1.82, 2.24) is 14.5 Å². The van der Waals surface area contributed by atoms with Crippen molar-refractivity contribution in [3.05, 3.63) is 30.0 Å². The Hall–Kier alpha value is -2.59. The summed E-state index contributed by atoms with van der Waals surface area (Å²) in [5.74, 6) is 1.18. The quantitative estimate of drug-likeness (QED) is 0.653. The third kappa shape index (κ3) is 3.74. The van der Waals surface area contributed by atoms with Crippen LogP contribution >= 0.6 is 23.3 Å². The molecule has 0 bridgehead atoms. The van der Waals surface area contributed by atoms with Crippen molar-refractivity contribution >= 4 is 34.3 Å². The number of methoxy groups -OCH3 is 2. The van der Waals surface area contributed by atoms with E-state index in [4.69, 9.17) is 14.0 Å². The minimum absolute atomic E-state index is 0.144. The number of aromatic nitrogens is 3. The summed E-state index contributed by atoms with van der Waals surface area (Å²) >= 11 is 2.51. The normalized spacial score (nSPS) is 10.5. The van der Waals surface area contributed by atoms with Gasteiger partial charge in [-0.3, -0.25) is 10.1 Å². The van der Waals surface area contributed by atoms with Gasteiger partial charge >= 0.3 is 0 Å². The molecule has 0 aliphatic rings. The Bertz CT molecular complexity index is 893. The smallest absolute Gasteiger partial charge is 0.279 e. The predicted octanol–water partition coefficient (Wildman–Crippen LogP) is 3.18. The van der Waals surface area contributed by atoms with E-state index >= 15 is 0 Å². The Morgan fingerprint density at radius 1 is 1.24 bits per heavy atom. The number of ether oxygens (including phenoxy) is 2. The minimum Gasteiger partial charge on any atom is -0.493 e. The molecule has 0 atom stereocenters. The molecular formula is C15H14N4O4S2. The van der Waals surface area contributed by atoms with Crippen LogP contribution in [-0.4, -0.2) is 40.9 Å². The number of carbonyl (C=O) groups is 1. The standard InChI is InChI=1S/C15H14N4O4S2/c1-21-10-5-4-8(6-12(10)22-2)11-7-9(18-23-11)13(20)16-14-17-15(24-3)19-25-14/h4-7H,1-3H3,(H,16,17,19,20). The summed E-state index contributed by atoms with van der Waals surface area (Å²) in [7, 11) is 3.11. The largest absolute Gasteiger partial charge is 0.493 e. The van der Waals surface area contributed by atoms with Crippen molar-refractivity contribution in [1.29, 1.82) is 0 Å². The molecule has 1 N–H and O–H groups in total. The Labute approximate surface area is 151 Å². The average molecular weight is 378 g/mol. The topological polar surface area (TPSA) is 99.4 Å². The molecule has 8 nitrogen and oxygen atoms in total. The van der Waals surface area contributed by atoms with Gasteiger partial charge in [0.05, 0.1) is 14.2 Å². The number of rotatable bonds is 6. The van der Waals surface area contributed by atoms with Gasteiger partial charge in [-0.2, -0.15) is 9.36 Å².